The molecule has 0 amide bonds. The molecule has 0 radical (unpaired) electrons. The maximum Gasteiger partial charge on any atom is 0.339 e. The summed E-state index contributed by atoms with van der Waals surface area (Å²) in [5.41, 5.74) is 21.7. The van der Waals surface area contributed by atoms with Crippen LogP contribution in [0.3, 0.4) is 0 Å². The molecular weight excluding hydrogens is 1590 g/mol. The van der Waals surface area contributed by atoms with Crippen molar-refractivity contribution in [3.63, 3.8) is 0 Å². The monoisotopic (exact) mass is 1720 g/mol. The number of carbonyl (C=O) groups is 2. The van der Waals surface area contributed by atoms with E-state index in [-0.39, 0.29) is 32.8 Å². The number of fused-ring (bicyclic) bond motifs is 3. The third-order valence-corrected chi connectivity index (χ3v) is 31.7. The molecule has 122 heavy (non-hydrogen) atoms. The average Bonchev–Trinajstić information content (AvgIpc) is 0.729. The van der Waals surface area contributed by atoms with Gasteiger partial charge in [0.25, 0.3) is 26.0 Å². The van der Waals surface area contributed by atoms with E-state index in [2.05, 4.69) is 98.7 Å². The summed E-state index contributed by atoms with van der Waals surface area (Å²) in [6.45, 7) is 14.7. The first-order chi connectivity index (χ1) is 58.1. The number of carbonyl (C=O) groups excluding carboxylic acids is 1. The lowest BCUT2D eigenvalue weighted by Crippen LogP contribution is -2.50. The van der Waals surface area contributed by atoms with Crippen molar-refractivity contribution in [3.05, 3.63) is 163 Å². The Labute approximate surface area is 723 Å². The number of nitrogens with one attached hydrogen (secondary N) is 4. The molecule has 0 unspecified atom stereocenters. The second kappa shape index (κ2) is 35.3. The summed E-state index contributed by atoms with van der Waals surface area (Å²) < 4.78 is 52.2. The number of nitrogens with two attached hydrogens (primary N) is 4. The normalized spacial score (nSPS) is 30.4. The van der Waals surface area contributed by atoms with Crippen LogP contribution in [0.1, 0.15) is 233 Å². The Morgan fingerprint density at radius 1 is 0.508 bits per heavy atom. The Hall–Kier alpha value is -8.26. The molecule has 18 aliphatic rings. The summed E-state index contributed by atoms with van der Waals surface area (Å²) in [5, 5.41) is 34.1. The molecule has 16 bridgehead atoms. The molecule has 5 aromatic carbocycles. The van der Waals surface area contributed by atoms with Crippen LogP contribution in [0, 0.1) is 134 Å². The molecule has 652 valence electrons. The number of nitrogens with zero attached hydrogens (tertiary/aromatic N) is 7. The number of anilines is 3. The third kappa shape index (κ3) is 19.7. The Morgan fingerprint density at radius 3 is 1.26 bits per heavy atom. The lowest BCUT2D eigenvalue weighted by atomic mass is 9.49. The molecule has 16 aliphatic carbocycles. The van der Waals surface area contributed by atoms with Crippen molar-refractivity contribution in [2.75, 3.05) is 62.7 Å². The molecule has 0 atom stereocenters. The van der Waals surface area contributed by atoms with E-state index < -0.39 is 32.4 Å². The second-order valence-electron chi connectivity index (χ2n) is 40.3. The van der Waals surface area contributed by atoms with Crippen LogP contribution in [0.25, 0.3) is 32.7 Å². The van der Waals surface area contributed by atoms with Crippen LogP contribution in [0.2, 0.25) is 5.15 Å². The Balaban J connectivity index is 0.000000110. The van der Waals surface area contributed by atoms with Crippen molar-refractivity contribution in [2.24, 2.45) is 98.5 Å². The fourth-order valence-electron chi connectivity index (χ4n) is 26.2. The van der Waals surface area contributed by atoms with Gasteiger partial charge >= 0.3 is 11.9 Å². The average molecular weight is 1720 g/mol. The lowest BCUT2D eigenvalue weighted by Gasteiger charge is -2.56. The van der Waals surface area contributed by atoms with Gasteiger partial charge in [-0.05, 0) is 386 Å². The molecule has 3 aromatic heterocycles. The molecule has 24 nitrogen and oxygen atoms in total. The maximum absolute atomic E-state index is 12.5. The Morgan fingerprint density at radius 2 is 0.869 bits per heavy atom. The molecule has 5 heterocycles. The number of rotatable bonds is 14. The number of carboxylic acid groups (broad SMARTS) is 1. The van der Waals surface area contributed by atoms with Crippen molar-refractivity contribution in [1.29, 1.82) is 5.26 Å². The van der Waals surface area contributed by atoms with Crippen LogP contribution in [0.4, 0.5) is 17.2 Å². The van der Waals surface area contributed by atoms with Crippen LogP contribution in [-0.2, 0) is 41.4 Å². The number of hydrogen-bond donors (Lipinski definition) is 9. The number of ether oxygens (including phenoxy) is 1. The van der Waals surface area contributed by atoms with Crippen molar-refractivity contribution in [2.45, 2.75) is 218 Å². The first kappa shape index (κ1) is 87.2. The van der Waals surface area contributed by atoms with E-state index in [4.69, 9.17) is 63.4 Å². The van der Waals surface area contributed by atoms with Crippen molar-refractivity contribution < 1.29 is 36.3 Å². The van der Waals surface area contributed by atoms with Crippen LogP contribution in [0.15, 0.2) is 95.8 Å². The van der Waals surface area contributed by atoms with Gasteiger partial charge < -0.3 is 36.5 Å². The fourth-order valence-corrected chi connectivity index (χ4v) is 27.2. The molecule has 0 spiro atoms. The van der Waals surface area contributed by atoms with Gasteiger partial charge in [0.2, 0.25) is 0 Å². The maximum atomic E-state index is 12.5. The summed E-state index contributed by atoms with van der Waals surface area (Å²) in [7, 11) is -5.75. The Kier molecular flexibility index (Phi) is 25.2. The number of carboxylic acids is 1. The number of halogens is 1. The topological polar surface area (TPSA) is 396 Å². The molecule has 16 saturated carbocycles. The lowest BCUT2D eigenvalue weighted by molar-refractivity contribution is -0.0192. The van der Waals surface area contributed by atoms with E-state index in [1.165, 1.54) is 184 Å². The predicted octanol–water partition coefficient (Wildman–Crippen LogP) is 15.5. The van der Waals surface area contributed by atoms with E-state index in [9.17, 15) is 36.5 Å². The summed E-state index contributed by atoms with van der Waals surface area (Å²) in [4.78, 5) is 64.7. The predicted molar refractivity (Wildman–Crippen MR) is 479 cm³/mol. The number of aromatic carboxylic acids is 1. The SMILES string of the molecule is COC(=O)c1ccc(C)cc1N.Cc1ccc(C(=O)O)c(N)c1.Cc1ccc2c(=O)[nH]c(C34CC5CC(CC(C5)C3)C4)nc2c1.Cc1ccc2c(Cl)nc(C34CC5CC(CC(C5)C3)C4)nc2c1.Cc1ccc2c(N3CC(CCNS(N)(=O)=O)C3)nc(C34CC5CC(CC(C5)C3)C4)nc2c1.N#CC12CC3CC(CC(C3)C1)C2.NS(=O)(=O)NCCC1CNC1. The standard InChI is InChI=1S/C24H33N5O2S.C19H21ClN2.C19H22N2O.C11H15N.C9H11NO2.C8H9NO2.C5H13N3O2S/c1-15-2-3-20-21(6-15)27-23(24-10-17-7-18(11-24)9-19(8-17)12-24)28-22(20)29-13-16(14-29)4-5-26-32(25,30)31;1-11-2-3-15-16(4-11)21-18(22-17(15)20)19-8-12-5-13(9-19)7-14(6-12)10-19;1-11-2-3-15-16(4-11)20-18(21-17(15)22)19-8-12-5-13(9-19)7-14(6-12)10-19;12-7-11-4-8-1-9(5-11)3-10(2-8)6-11;1-6-3-4-7(8(10)5-6)9(11)12-2;1-5-2-3-6(8(10)11)7(9)4-5;6-11(9,10)8-2-1-5-3-7-4-5/h2-3,6,16-19,26H,4-5,7-14H2,1H3,(H2,25,30,31);2-4,12-14H,5-10H2,1H3;2-4,12-14H,5-10H2,1H3,(H,20,21,22);8-10H,1-6H2;3-5H,10H2,1-2H3;2-4H,9H2,1H3,(H,10,11);5,7-8H,1-4H2,(H2,6,9,10). The van der Waals surface area contributed by atoms with Crippen LogP contribution in [0.5, 0.6) is 0 Å². The summed E-state index contributed by atoms with van der Waals surface area (Å²) in [6, 6.07) is 31.5. The van der Waals surface area contributed by atoms with Gasteiger partial charge in [0.05, 0.1) is 51.7 Å². The minimum atomic E-state index is -3.61. The number of esters is 1. The molecular formula is C95H124ClN15O9S2. The number of methoxy groups -OCH3 is 1. The number of benzene rings is 5. The smallest absolute Gasteiger partial charge is 0.339 e. The third-order valence-electron chi connectivity index (χ3n) is 30.2. The van der Waals surface area contributed by atoms with Gasteiger partial charge in [-0.25, -0.2) is 54.2 Å². The highest BCUT2D eigenvalue weighted by Gasteiger charge is 2.57. The number of nitriles is 1. The second-order valence-corrected chi connectivity index (χ2v) is 43.4. The van der Waals surface area contributed by atoms with E-state index in [1.54, 1.807) is 24.3 Å². The summed E-state index contributed by atoms with van der Waals surface area (Å²) >= 11 is 6.50. The molecule has 26 rings (SSSR count). The molecule has 8 aromatic rings. The largest absolute Gasteiger partial charge is 0.478 e. The zero-order valence-corrected chi connectivity index (χ0v) is 74.1. The highest BCUT2D eigenvalue weighted by molar-refractivity contribution is 7.87. The van der Waals surface area contributed by atoms with E-state index >= 15 is 0 Å². The van der Waals surface area contributed by atoms with Crippen LogP contribution >= 0.6 is 11.6 Å². The number of hydrogen-bond acceptors (Lipinski definition) is 18. The Bertz CT molecular complexity index is 5470. The molecule has 13 N–H and O–H groups in total. The number of aromatic nitrogens is 6. The van der Waals surface area contributed by atoms with Gasteiger partial charge in [0.1, 0.15) is 28.4 Å². The van der Waals surface area contributed by atoms with Gasteiger partial charge in [-0.15, -0.1) is 0 Å². The molecule has 18 fully saturated rings. The van der Waals surface area contributed by atoms with Crippen molar-refractivity contribution in [1.82, 2.24) is 44.7 Å². The van der Waals surface area contributed by atoms with E-state index in [0.29, 0.717) is 47.0 Å². The van der Waals surface area contributed by atoms with Gasteiger partial charge in [0.15, 0.2) is 0 Å². The summed E-state index contributed by atoms with van der Waals surface area (Å²) in [5.74, 6) is 14.5. The first-order valence-electron chi connectivity index (χ1n) is 44.8. The quantitative estimate of drug-likeness (QED) is 0.0277. The van der Waals surface area contributed by atoms with Crippen LogP contribution < -0.4 is 47.0 Å². The molecule has 2 saturated heterocycles. The fraction of sp³-hybridized carbons (Fsp3) is 0.589. The highest BCUT2D eigenvalue weighted by atomic mass is 35.5. The number of nitrogen functional groups attached to an aromatic ring is 2. The van der Waals surface area contributed by atoms with Gasteiger partial charge in [0, 0.05) is 64.6 Å². The zero-order valence-electron chi connectivity index (χ0n) is 71.7. The van der Waals surface area contributed by atoms with Gasteiger partial charge in [-0.3, -0.25) is 4.79 Å². The van der Waals surface area contributed by atoms with Crippen LogP contribution in [-0.4, -0.2) is 110 Å². The van der Waals surface area contributed by atoms with Crippen molar-refractivity contribution in [3.8, 4) is 6.07 Å². The highest BCUT2D eigenvalue weighted by Crippen LogP contribution is 2.64. The number of aromatic amines is 1. The minimum Gasteiger partial charge on any atom is -0.478 e. The van der Waals surface area contributed by atoms with E-state index in [1.807, 2.05) is 32.0 Å². The van der Waals surface area contributed by atoms with Crippen molar-refractivity contribution >= 4 is 93.9 Å². The minimum absolute atomic E-state index is 0.0377. The molecule has 2 aliphatic heterocycles. The summed E-state index contributed by atoms with van der Waals surface area (Å²) in [6.07, 6.45) is 33.8. The number of H-pyrrole nitrogens is 1. The number of aryl methyl sites for hydroxylation is 5. The zero-order chi connectivity index (χ0) is 86.0. The van der Waals surface area contributed by atoms with Gasteiger partial charge in [-0.2, -0.15) is 22.1 Å². The van der Waals surface area contributed by atoms with Gasteiger partial charge in [-0.1, -0.05) is 41.9 Å². The first-order valence-corrected chi connectivity index (χ1v) is 48.3. The van der Waals surface area contributed by atoms with E-state index in [0.717, 1.165) is 177 Å². The molecule has 27 heteroatoms.